The summed E-state index contributed by atoms with van der Waals surface area (Å²) >= 11 is 0. The van der Waals surface area contributed by atoms with E-state index in [4.69, 9.17) is 4.74 Å². The molecule has 0 saturated carbocycles. The van der Waals surface area contributed by atoms with Crippen LogP contribution in [0, 0.1) is 0 Å². The third-order valence-electron chi connectivity index (χ3n) is 3.13. The number of aromatic nitrogens is 1. The fourth-order valence-electron chi connectivity index (χ4n) is 1.99. The van der Waals surface area contributed by atoms with Crippen molar-refractivity contribution in [3.8, 4) is 5.75 Å². The van der Waals surface area contributed by atoms with Crippen molar-refractivity contribution in [2.75, 3.05) is 18.5 Å². The average molecular weight is 315 g/mol. The Kier molecular flexibility index (Phi) is 5.67. The molecule has 0 saturated heterocycles. The normalized spacial score (nSPS) is 14.3. The number of nitrogens with zero attached hydrogens (tertiary/aromatic N) is 1. The summed E-state index contributed by atoms with van der Waals surface area (Å²) in [6, 6.07) is 11.2. The number of benzene rings is 1. The Morgan fingerprint density at radius 1 is 1.30 bits per heavy atom. The van der Waals surface area contributed by atoms with Gasteiger partial charge in [0.1, 0.15) is 18.1 Å². The number of likely N-dealkylation sites (N-methyl/N-ethyl adjacent to an activating group) is 1. The lowest BCUT2D eigenvalue weighted by Crippen LogP contribution is -2.47. The Morgan fingerprint density at radius 3 is 2.61 bits per heavy atom. The van der Waals surface area contributed by atoms with E-state index in [2.05, 4.69) is 15.6 Å². The van der Waals surface area contributed by atoms with Crippen LogP contribution in [-0.2, 0) is 0 Å². The predicted octanol–water partition coefficient (Wildman–Crippen LogP) is 2.03. The number of hydrogen-bond donors (Lipinski definition) is 3. The van der Waals surface area contributed by atoms with E-state index in [1.807, 2.05) is 37.3 Å². The number of carbonyl (C=O) groups is 1. The first-order valence-corrected chi connectivity index (χ1v) is 7.42. The number of pyridine rings is 1. The Labute approximate surface area is 135 Å². The summed E-state index contributed by atoms with van der Waals surface area (Å²) in [6.07, 6.45) is 3.24. The van der Waals surface area contributed by atoms with Crippen molar-refractivity contribution >= 4 is 11.6 Å². The zero-order valence-electron chi connectivity index (χ0n) is 13.2. The topological polar surface area (TPSA) is 83.5 Å². The van der Waals surface area contributed by atoms with Gasteiger partial charge in [0.25, 0.3) is 5.91 Å². The molecule has 3 N–H and O–H groups in total. The fourth-order valence-corrected chi connectivity index (χ4v) is 1.99. The van der Waals surface area contributed by atoms with Crippen LogP contribution in [-0.4, -0.2) is 34.9 Å². The highest BCUT2D eigenvalue weighted by Gasteiger charge is 2.21. The highest BCUT2D eigenvalue weighted by Crippen LogP contribution is 2.22. The Balaban J connectivity index is 0.000000182. The minimum absolute atomic E-state index is 0.00704. The van der Waals surface area contributed by atoms with E-state index in [9.17, 15) is 9.90 Å². The van der Waals surface area contributed by atoms with Crippen LogP contribution >= 0.6 is 0 Å². The molecule has 2 heterocycles. The van der Waals surface area contributed by atoms with Crippen molar-refractivity contribution in [3.63, 3.8) is 0 Å². The number of aliphatic hydroxyl groups is 1. The third kappa shape index (κ3) is 5.05. The van der Waals surface area contributed by atoms with Gasteiger partial charge in [-0.3, -0.25) is 15.1 Å². The molecule has 1 aliphatic heterocycles. The third-order valence-corrected chi connectivity index (χ3v) is 3.13. The number of carbonyl (C=O) groups excluding carboxylic acids is 1. The zero-order valence-corrected chi connectivity index (χ0v) is 13.2. The molecule has 6 nitrogen and oxygen atoms in total. The highest BCUT2D eigenvalue weighted by atomic mass is 16.5. The molecule has 1 atom stereocenters. The Morgan fingerprint density at radius 2 is 2.04 bits per heavy atom. The average Bonchev–Trinajstić information content (AvgIpc) is 2.54. The van der Waals surface area contributed by atoms with Crippen molar-refractivity contribution in [1.82, 2.24) is 10.3 Å². The lowest BCUT2D eigenvalue weighted by Gasteiger charge is -2.24. The lowest BCUT2D eigenvalue weighted by atomic mass is 10.1. The SMILES string of the molecule is CCNC(C)(O)COc1ccccc1.O=C1Nc2cnccc21. The monoisotopic (exact) mass is 315 g/mol. The van der Waals surface area contributed by atoms with Crippen LogP contribution in [0.5, 0.6) is 5.75 Å². The molecule has 0 spiro atoms. The summed E-state index contributed by atoms with van der Waals surface area (Å²) < 4.78 is 5.41. The lowest BCUT2D eigenvalue weighted by molar-refractivity contribution is -0.0166. The van der Waals surface area contributed by atoms with E-state index >= 15 is 0 Å². The van der Waals surface area contributed by atoms with Gasteiger partial charge in [0.05, 0.1) is 17.4 Å². The maximum Gasteiger partial charge on any atom is 0.257 e. The Hall–Kier alpha value is -2.44. The number of hydrogen-bond acceptors (Lipinski definition) is 5. The van der Waals surface area contributed by atoms with E-state index in [0.717, 1.165) is 17.0 Å². The van der Waals surface area contributed by atoms with E-state index < -0.39 is 5.72 Å². The van der Waals surface area contributed by atoms with Crippen molar-refractivity contribution in [2.45, 2.75) is 19.6 Å². The molecule has 0 aliphatic carbocycles. The minimum atomic E-state index is -0.968. The molecule has 0 bridgehead atoms. The first kappa shape index (κ1) is 16.9. The fraction of sp³-hybridized carbons (Fsp3) is 0.294. The second-order valence-corrected chi connectivity index (χ2v) is 5.28. The predicted molar refractivity (Wildman–Crippen MR) is 88.4 cm³/mol. The summed E-state index contributed by atoms with van der Waals surface area (Å²) in [7, 11) is 0. The summed E-state index contributed by atoms with van der Waals surface area (Å²) in [5.41, 5.74) is 0.609. The van der Waals surface area contributed by atoms with Gasteiger partial charge in [-0.2, -0.15) is 0 Å². The number of nitrogens with one attached hydrogen (secondary N) is 2. The maximum atomic E-state index is 10.6. The number of anilines is 1. The van der Waals surface area contributed by atoms with Gasteiger partial charge in [-0.1, -0.05) is 25.1 Å². The molecule has 0 fully saturated rings. The smallest absolute Gasteiger partial charge is 0.257 e. The molecule has 23 heavy (non-hydrogen) atoms. The molecule has 3 rings (SSSR count). The molecule has 1 aromatic carbocycles. The quantitative estimate of drug-likeness (QED) is 0.735. The van der Waals surface area contributed by atoms with Crippen LogP contribution in [0.15, 0.2) is 48.8 Å². The second kappa shape index (κ2) is 7.71. The van der Waals surface area contributed by atoms with Gasteiger partial charge >= 0.3 is 0 Å². The van der Waals surface area contributed by atoms with Gasteiger partial charge in [-0.25, -0.2) is 0 Å². The summed E-state index contributed by atoms with van der Waals surface area (Å²) in [6.45, 7) is 4.59. The molecule has 122 valence electrons. The molecule has 6 heteroatoms. The van der Waals surface area contributed by atoms with E-state index in [0.29, 0.717) is 6.54 Å². The zero-order chi connectivity index (χ0) is 16.7. The maximum absolute atomic E-state index is 10.6. The number of fused-ring (bicyclic) bond motifs is 1. The van der Waals surface area contributed by atoms with Crippen LogP contribution < -0.4 is 15.4 Å². The van der Waals surface area contributed by atoms with Gasteiger partial charge in [0, 0.05) is 6.20 Å². The number of ether oxygens (including phenoxy) is 1. The number of amides is 1. The minimum Gasteiger partial charge on any atom is -0.489 e. The van der Waals surface area contributed by atoms with Crippen LogP contribution in [0.4, 0.5) is 5.69 Å². The summed E-state index contributed by atoms with van der Waals surface area (Å²) in [5.74, 6) is 0.762. The molecule has 1 aliphatic rings. The Bertz CT molecular complexity index is 645. The van der Waals surface area contributed by atoms with Crippen LogP contribution in [0.25, 0.3) is 0 Å². The van der Waals surface area contributed by atoms with Gasteiger partial charge in [0.15, 0.2) is 0 Å². The highest BCUT2D eigenvalue weighted by molar-refractivity contribution is 6.17. The molecular weight excluding hydrogens is 294 g/mol. The molecule has 2 aromatic rings. The van der Waals surface area contributed by atoms with Crippen molar-refractivity contribution in [1.29, 1.82) is 0 Å². The summed E-state index contributed by atoms with van der Waals surface area (Å²) in [4.78, 5) is 14.4. The van der Waals surface area contributed by atoms with Crippen molar-refractivity contribution < 1.29 is 14.6 Å². The van der Waals surface area contributed by atoms with Gasteiger partial charge in [0.2, 0.25) is 0 Å². The van der Waals surface area contributed by atoms with Crippen LogP contribution in [0.1, 0.15) is 24.2 Å². The molecule has 0 radical (unpaired) electrons. The molecule has 1 unspecified atom stereocenters. The van der Waals surface area contributed by atoms with Gasteiger partial charge in [-0.15, -0.1) is 0 Å². The standard InChI is InChI=1S/C11H17NO2.C6H4N2O/c1-3-12-11(2,13)9-14-10-7-5-4-6-8-10;9-6-4-1-2-7-3-5(4)8-6/h4-8,12-13H,3,9H2,1-2H3;1-3H,(H,8,9). The van der Waals surface area contributed by atoms with Crippen molar-refractivity contribution in [3.05, 3.63) is 54.4 Å². The first-order chi connectivity index (χ1) is 11.0. The van der Waals surface area contributed by atoms with E-state index in [1.165, 1.54) is 0 Å². The second-order valence-electron chi connectivity index (χ2n) is 5.28. The molecule has 1 aromatic heterocycles. The van der Waals surface area contributed by atoms with Gasteiger partial charge < -0.3 is 15.2 Å². The van der Waals surface area contributed by atoms with Crippen molar-refractivity contribution in [2.24, 2.45) is 0 Å². The summed E-state index contributed by atoms with van der Waals surface area (Å²) in [5, 5.41) is 15.2. The number of para-hydroxylation sites is 1. The molecule has 1 amide bonds. The van der Waals surface area contributed by atoms with E-state index in [1.54, 1.807) is 25.4 Å². The largest absolute Gasteiger partial charge is 0.489 e. The first-order valence-electron chi connectivity index (χ1n) is 7.42. The van der Waals surface area contributed by atoms with E-state index in [-0.39, 0.29) is 12.5 Å². The number of rotatable bonds is 5. The van der Waals surface area contributed by atoms with Gasteiger partial charge in [-0.05, 0) is 31.7 Å². The molecular formula is C17H21N3O3. The van der Waals surface area contributed by atoms with Crippen LogP contribution in [0.3, 0.4) is 0 Å². The van der Waals surface area contributed by atoms with Crippen LogP contribution in [0.2, 0.25) is 0 Å².